The number of benzene rings is 1. The van der Waals surface area contributed by atoms with Crippen LogP contribution in [0.25, 0.3) is 0 Å². The third kappa shape index (κ3) is 3.04. The Labute approximate surface area is 133 Å². The molecule has 120 valence electrons. The largest absolute Gasteiger partial charge is 0.454 e. The van der Waals surface area contributed by atoms with E-state index in [0.29, 0.717) is 11.6 Å². The molecule has 0 atom stereocenters. The molecular formula is C18H18FNO3. The maximum absolute atomic E-state index is 13.5. The molecule has 0 saturated heterocycles. The van der Waals surface area contributed by atoms with E-state index in [2.05, 4.69) is 4.57 Å². The summed E-state index contributed by atoms with van der Waals surface area (Å²) in [6.45, 7) is 3.48. The monoisotopic (exact) mass is 315 g/mol. The summed E-state index contributed by atoms with van der Waals surface area (Å²) in [5.74, 6) is -1.75. The van der Waals surface area contributed by atoms with Gasteiger partial charge in [0.2, 0.25) is 5.78 Å². The Morgan fingerprint density at radius 3 is 2.57 bits per heavy atom. The van der Waals surface area contributed by atoms with E-state index in [4.69, 9.17) is 4.74 Å². The summed E-state index contributed by atoms with van der Waals surface area (Å²) < 4.78 is 20.6. The van der Waals surface area contributed by atoms with Gasteiger partial charge in [0.05, 0.1) is 5.56 Å². The quantitative estimate of drug-likeness (QED) is 0.625. The highest BCUT2D eigenvalue weighted by Gasteiger charge is 2.28. The molecule has 0 bridgehead atoms. The number of hydrogen-bond donors (Lipinski definition) is 0. The number of Topliss-reactive ketones (excluding diaryl/α,β-unsaturated/α-hetero) is 1. The fraction of sp³-hybridized carbons (Fsp3) is 0.333. The summed E-state index contributed by atoms with van der Waals surface area (Å²) in [7, 11) is 0. The number of ketones is 1. The van der Waals surface area contributed by atoms with Crippen LogP contribution in [0.5, 0.6) is 0 Å². The average molecular weight is 315 g/mol. The van der Waals surface area contributed by atoms with Crippen LogP contribution in [0.4, 0.5) is 4.39 Å². The molecule has 5 heteroatoms. The molecule has 0 spiro atoms. The molecule has 1 heterocycles. The lowest BCUT2D eigenvalue weighted by atomic mass is 10.1. The minimum atomic E-state index is -0.826. The van der Waals surface area contributed by atoms with Gasteiger partial charge in [0.25, 0.3) is 0 Å². The maximum Gasteiger partial charge on any atom is 0.341 e. The first-order valence-corrected chi connectivity index (χ1v) is 7.62. The SMILES string of the molecule is Cc1cc(C(=O)COC(=O)c2ccccc2F)c(C)n1C1CC1. The first-order chi connectivity index (χ1) is 11.0. The van der Waals surface area contributed by atoms with Crippen molar-refractivity contribution in [3.8, 4) is 0 Å². The number of halogens is 1. The predicted molar refractivity (Wildman–Crippen MR) is 83.2 cm³/mol. The van der Waals surface area contributed by atoms with Crippen molar-refractivity contribution >= 4 is 11.8 Å². The van der Waals surface area contributed by atoms with Crippen LogP contribution in [-0.4, -0.2) is 22.9 Å². The van der Waals surface area contributed by atoms with E-state index in [1.165, 1.54) is 18.2 Å². The van der Waals surface area contributed by atoms with E-state index in [9.17, 15) is 14.0 Å². The second-order valence-electron chi connectivity index (χ2n) is 5.87. The van der Waals surface area contributed by atoms with Gasteiger partial charge in [0, 0.05) is 23.0 Å². The van der Waals surface area contributed by atoms with Crippen molar-refractivity contribution in [2.24, 2.45) is 0 Å². The van der Waals surface area contributed by atoms with Gasteiger partial charge in [-0.15, -0.1) is 0 Å². The number of carbonyl (C=O) groups is 2. The predicted octanol–water partition coefficient (Wildman–Crippen LogP) is 3.62. The third-order valence-electron chi connectivity index (χ3n) is 4.12. The summed E-state index contributed by atoms with van der Waals surface area (Å²) in [4.78, 5) is 24.2. The summed E-state index contributed by atoms with van der Waals surface area (Å²) >= 11 is 0. The minimum absolute atomic E-state index is 0.163. The molecule has 0 N–H and O–H groups in total. The smallest absolute Gasteiger partial charge is 0.341 e. The molecule has 1 fully saturated rings. The Kier molecular flexibility index (Phi) is 4.03. The van der Waals surface area contributed by atoms with Crippen molar-refractivity contribution in [2.45, 2.75) is 32.7 Å². The van der Waals surface area contributed by atoms with Gasteiger partial charge in [-0.1, -0.05) is 12.1 Å². The summed E-state index contributed by atoms with van der Waals surface area (Å²) in [5.41, 5.74) is 2.34. The highest BCUT2D eigenvalue weighted by atomic mass is 19.1. The first kappa shape index (κ1) is 15.5. The van der Waals surface area contributed by atoms with Gasteiger partial charge in [-0.25, -0.2) is 9.18 Å². The highest BCUT2D eigenvalue weighted by Crippen LogP contribution is 2.38. The molecule has 0 radical (unpaired) electrons. The maximum atomic E-state index is 13.5. The molecule has 1 aliphatic carbocycles. The molecule has 3 rings (SSSR count). The van der Waals surface area contributed by atoms with E-state index in [1.54, 1.807) is 6.07 Å². The fourth-order valence-electron chi connectivity index (χ4n) is 2.87. The molecule has 0 amide bonds. The lowest BCUT2D eigenvalue weighted by Gasteiger charge is -2.08. The van der Waals surface area contributed by atoms with Crippen LogP contribution in [0.1, 0.15) is 51.0 Å². The second kappa shape index (κ2) is 5.99. The Bertz CT molecular complexity index is 775. The Morgan fingerprint density at radius 1 is 1.22 bits per heavy atom. The molecule has 0 unspecified atom stereocenters. The van der Waals surface area contributed by atoms with E-state index in [0.717, 1.165) is 24.2 Å². The number of ether oxygens (including phenoxy) is 1. The van der Waals surface area contributed by atoms with Crippen molar-refractivity contribution in [2.75, 3.05) is 6.61 Å². The normalized spacial score (nSPS) is 13.9. The fourth-order valence-corrected chi connectivity index (χ4v) is 2.87. The summed E-state index contributed by atoms with van der Waals surface area (Å²) in [6.07, 6.45) is 2.26. The van der Waals surface area contributed by atoms with Crippen LogP contribution in [0.3, 0.4) is 0 Å². The lowest BCUT2D eigenvalue weighted by molar-refractivity contribution is 0.0470. The Hall–Kier alpha value is -2.43. The van der Waals surface area contributed by atoms with Gasteiger partial charge in [-0.2, -0.15) is 0 Å². The molecule has 1 aliphatic rings. The second-order valence-corrected chi connectivity index (χ2v) is 5.87. The van der Waals surface area contributed by atoms with E-state index in [-0.39, 0.29) is 18.0 Å². The van der Waals surface area contributed by atoms with Gasteiger partial charge in [0.15, 0.2) is 6.61 Å². The number of nitrogens with zero attached hydrogens (tertiary/aromatic N) is 1. The standard InChI is InChI=1S/C18H18FNO3/c1-11-9-15(12(2)20(11)13-7-8-13)17(21)10-23-18(22)14-5-3-4-6-16(14)19/h3-6,9,13H,7-8,10H2,1-2H3. The molecule has 1 saturated carbocycles. The van der Waals surface area contributed by atoms with Crippen molar-refractivity contribution in [1.29, 1.82) is 0 Å². The highest BCUT2D eigenvalue weighted by molar-refractivity contribution is 6.00. The number of hydrogen-bond acceptors (Lipinski definition) is 3. The molecule has 2 aromatic rings. The van der Waals surface area contributed by atoms with Crippen molar-refractivity contribution < 1.29 is 18.7 Å². The molecule has 0 aliphatic heterocycles. The van der Waals surface area contributed by atoms with Crippen molar-refractivity contribution in [3.63, 3.8) is 0 Å². The van der Waals surface area contributed by atoms with Crippen LogP contribution >= 0.6 is 0 Å². The van der Waals surface area contributed by atoms with Gasteiger partial charge in [-0.3, -0.25) is 4.79 Å². The van der Waals surface area contributed by atoms with Crippen LogP contribution in [-0.2, 0) is 4.74 Å². The zero-order valence-electron chi connectivity index (χ0n) is 13.1. The van der Waals surface area contributed by atoms with Gasteiger partial charge in [-0.05, 0) is 44.9 Å². The number of aryl methyl sites for hydroxylation is 1. The summed E-state index contributed by atoms with van der Waals surface area (Å²) in [5, 5.41) is 0. The number of rotatable bonds is 5. The minimum Gasteiger partial charge on any atom is -0.454 e. The zero-order valence-corrected chi connectivity index (χ0v) is 13.1. The topological polar surface area (TPSA) is 48.3 Å². The third-order valence-corrected chi connectivity index (χ3v) is 4.12. The van der Waals surface area contributed by atoms with E-state index >= 15 is 0 Å². The number of carbonyl (C=O) groups excluding carboxylic acids is 2. The van der Waals surface area contributed by atoms with Gasteiger partial charge < -0.3 is 9.30 Å². The molecule has 1 aromatic carbocycles. The van der Waals surface area contributed by atoms with Gasteiger partial charge in [0.1, 0.15) is 5.82 Å². The summed E-state index contributed by atoms with van der Waals surface area (Å²) in [6, 6.07) is 7.86. The van der Waals surface area contributed by atoms with Crippen LogP contribution in [0.2, 0.25) is 0 Å². The molecule has 1 aromatic heterocycles. The van der Waals surface area contributed by atoms with Crippen molar-refractivity contribution in [3.05, 3.63) is 58.7 Å². The molecule has 4 nitrogen and oxygen atoms in total. The van der Waals surface area contributed by atoms with E-state index in [1.807, 2.05) is 19.9 Å². The Morgan fingerprint density at radius 2 is 1.91 bits per heavy atom. The number of aromatic nitrogens is 1. The first-order valence-electron chi connectivity index (χ1n) is 7.62. The average Bonchev–Trinajstić information content (AvgIpc) is 3.30. The van der Waals surface area contributed by atoms with Crippen molar-refractivity contribution in [1.82, 2.24) is 4.57 Å². The molecular weight excluding hydrogens is 297 g/mol. The van der Waals surface area contributed by atoms with Gasteiger partial charge >= 0.3 is 5.97 Å². The van der Waals surface area contributed by atoms with E-state index < -0.39 is 11.8 Å². The lowest BCUT2D eigenvalue weighted by Crippen LogP contribution is -2.16. The van der Waals surface area contributed by atoms with Crippen LogP contribution in [0, 0.1) is 19.7 Å². The number of esters is 1. The van der Waals surface area contributed by atoms with Crippen LogP contribution < -0.4 is 0 Å². The molecule has 23 heavy (non-hydrogen) atoms. The zero-order chi connectivity index (χ0) is 16.6. The Balaban J connectivity index is 1.69. The van der Waals surface area contributed by atoms with Crippen LogP contribution in [0.15, 0.2) is 30.3 Å².